The van der Waals surface area contributed by atoms with Gasteiger partial charge in [0.25, 0.3) is 0 Å². The lowest BCUT2D eigenvalue weighted by atomic mass is 10.1. The third-order valence-corrected chi connectivity index (χ3v) is 2.66. The summed E-state index contributed by atoms with van der Waals surface area (Å²) in [5.74, 6) is 0.333. The van der Waals surface area contributed by atoms with Gasteiger partial charge in [0.1, 0.15) is 17.6 Å². The molecule has 18 heavy (non-hydrogen) atoms. The Bertz CT molecular complexity index is 583. The van der Waals surface area contributed by atoms with E-state index in [1.165, 1.54) is 7.11 Å². The van der Waals surface area contributed by atoms with E-state index in [2.05, 4.69) is 15.0 Å². The predicted octanol–water partition coefficient (Wildman–Crippen LogP) is 1.91. The van der Waals surface area contributed by atoms with Gasteiger partial charge in [0.15, 0.2) is 0 Å². The molecule has 0 aliphatic heterocycles. The van der Waals surface area contributed by atoms with Gasteiger partial charge in [-0.05, 0) is 30.5 Å². The highest BCUT2D eigenvalue weighted by Gasteiger charge is 2.14. The van der Waals surface area contributed by atoms with E-state index in [4.69, 9.17) is 0 Å². The van der Waals surface area contributed by atoms with Gasteiger partial charge in [0.2, 0.25) is 0 Å². The lowest BCUT2D eigenvalue weighted by Crippen LogP contribution is -2.27. The Kier molecular flexibility index (Phi) is 3.32. The Labute approximate surface area is 104 Å². The molecule has 5 nitrogen and oxygen atoms in total. The summed E-state index contributed by atoms with van der Waals surface area (Å²) in [6, 6.07) is 6.34. The Morgan fingerprint density at radius 3 is 2.94 bits per heavy atom. The van der Waals surface area contributed by atoms with Crippen LogP contribution in [0.25, 0.3) is 10.8 Å². The number of carbonyl (C=O) groups excluding carboxylic acids is 1. The molecule has 0 amide bonds. The normalized spacial score (nSPS) is 12.1. The molecular formula is C13H14N2O3. The number of phenols is 1. The van der Waals surface area contributed by atoms with E-state index in [1.807, 2.05) is 6.07 Å². The van der Waals surface area contributed by atoms with Gasteiger partial charge in [0.05, 0.1) is 7.11 Å². The maximum absolute atomic E-state index is 11.4. The lowest BCUT2D eigenvalue weighted by Gasteiger charge is -2.13. The number of aromatic nitrogens is 1. The number of aromatic hydroxyl groups is 1. The van der Waals surface area contributed by atoms with Crippen molar-refractivity contribution < 1.29 is 14.6 Å². The minimum Gasteiger partial charge on any atom is -0.508 e. The smallest absolute Gasteiger partial charge is 0.328 e. The minimum absolute atomic E-state index is 0.157. The van der Waals surface area contributed by atoms with E-state index in [1.54, 1.807) is 31.3 Å². The number of hydrogen-bond acceptors (Lipinski definition) is 5. The number of methoxy groups -OCH3 is 1. The quantitative estimate of drug-likeness (QED) is 0.809. The summed E-state index contributed by atoms with van der Waals surface area (Å²) in [5, 5.41) is 14.2. The summed E-state index contributed by atoms with van der Waals surface area (Å²) >= 11 is 0. The highest BCUT2D eigenvalue weighted by Crippen LogP contribution is 2.25. The molecule has 94 valence electrons. The molecule has 0 spiro atoms. The number of esters is 1. The number of nitrogens with one attached hydrogen (secondary N) is 1. The van der Waals surface area contributed by atoms with Gasteiger partial charge in [-0.1, -0.05) is 6.07 Å². The summed E-state index contributed by atoms with van der Waals surface area (Å²) in [6.45, 7) is 1.69. The first-order valence-electron chi connectivity index (χ1n) is 5.54. The Balaban J connectivity index is 2.38. The van der Waals surface area contributed by atoms with E-state index in [-0.39, 0.29) is 11.7 Å². The summed E-state index contributed by atoms with van der Waals surface area (Å²) in [5.41, 5.74) is 0. The van der Waals surface area contributed by atoms with Crippen molar-refractivity contribution in [3.8, 4) is 5.75 Å². The fourth-order valence-electron chi connectivity index (χ4n) is 1.71. The number of phenolic OH excluding ortho intramolecular Hbond substituents is 1. The molecule has 1 aromatic heterocycles. The van der Waals surface area contributed by atoms with Gasteiger partial charge >= 0.3 is 5.97 Å². The lowest BCUT2D eigenvalue weighted by molar-refractivity contribution is -0.141. The Morgan fingerprint density at radius 2 is 2.22 bits per heavy atom. The van der Waals surface area contributed by atoms with Crippen LogP contribution >= 0.6 is 0 Å². The molecular weight excluding hydrogens is 232 g/mol. The molecule has 1 aromatic carbocycles. The van der Waals surface area contributed by atoms with Crippen LogP contribution in [0.15, 0.2) is 30.5 Å². The number of nitrogens with zero attached hydrogens (tertiary/aromatic N) is 1. The van der Waals surface area contributed by atoms with Crippen molar-refractivity contribution in [2.75, 3.05) is 12.4 Å². The highest BCUT2D eigenvalue weighted by atomic mass is 16.5. The van der Waals surface area contributed by atoms with Gasteiger partial charge in [-0.2, -0.15) is 0 Å². The van der Waals surface area contributed by atoms with Crippen molar-refractivity contribution in [2.45, 2.75) is 13.0 Å². The summed E-state index contributed by atoms with van der Waals surface area (Å²) in [7, 11) is 1.34. The molecule has 0 saturated heterocycles. The van der Waals surface area contributed by atoms with Crippen molar-refractivity contribution in [2.24, 2.45) is 0 Å². The van der Waals surface area contributed by atoms with Crippen molar-refractivity contribution in [1.82, 2.24) is 4.98 Å². The van der Waals surface area contributed by atoms with Crippen molar-refractivity contribution in [1.29, 1.82) is 0 Å². The Morgan fingerprint density at radius 1 is 1.44 bits per heavy atom. The van der Waals surface area contributed by atoms with Crippen LogP contribution in [0.5, 0.6) is 5.75 Å². The molecule has 2 rings (SSSR count). The van der Waals surface area contributed by atoms with E-state index in [0.29, 0.717) is 5.82 Å². The van der Waals surface area contributed by atoms with E-state index >= 15 is 0 Å². The van der Waals surface area contributed by atoms with Crippen LogP contribution in [-0.2, 0) is 9.53 Å². The number of anilines is 1. The van der Waals surface area contributed by atoms with Crippen molar-refractivity contribution in [3.63, 3.8) is 0 Å². The van der Waals surface area contributed by atoms with E-state index in [0.717, 1.165) is 10.8 Å². The molecule has 2 aromatic rings. The number of rotatable bonds is 3. The number of benzene rings is 1. The minimum atomic E-state index is -0.504. The second kappa shape index (κ2) is 4.91. The first-order valence-corrected chi connectivity index (χ1v) is 5.54. The van der Waals surface area contributed by atoms with Gasteiger partial charge in [-0.25, -0.2) is 9.78 Å². The molecule has 0 bridgehead atoms. The molecule has 0 aliphatic rings. The number of fused-ring (bicyclic) bond motifs is 1. The van der Waals surface area contributed by atoms with E-state index in [9.17, 15) is 9.90 Å². The standard InChI is InChI=1S/C13H14N2O3/c1-8(13(17)18-2)15-12-11-7-10(16)4-3-9(11)5-6-14-12/h3-8,16H,1-2H3,(H,14,15). The molecule has 0 aliphatic carbocycles. The van der Waals surface area contributed by atoms with Crippen LogP contribution in [0.2, 0.25) is 0 Å². The van der Waals surface area contributed by atoms with Crippen LogP contribution in [0.4, 0.5) is 5.82 Å². The zero-order valence-electron chi connectivity index (χ0n) is 10.2. The second-order valence-corrected chi connectivity index (χ2v) is 3.95. The largest absolute Gasteiger partial charge is 0.508 e. The maximum Gasteiger partial charge on any atom is 0.328 e. The van der Waals surface area contributed by atoms with Crippen LogP contribution in [0.3, 0.4) is 0 Å². The SMILES string of the molecule is COC(=O)C(C)Nc1nccc2ccc(O)cc12. The summed E-state index contributed by atoms with van der Waals surface area (Å²) in [6.07, 6.45) is 1.64. The predicted molar refractivity (Wildman–Crippen MR) is 68.5 cm³/mol. The summed E-state index contributed by atoms with van der Waals surface area (Å²) in [4.78, 5) is 15.5. The molecule has 2 N–H and O–H groups in total. The van der Waals surface area contributed by atoms with Crippen LogP contribution in [0.1, 0.15) is 6.92 Å². The first-order chi connectivity index (χ1) is 8.61. The molecule has 0 saturated carbocycles. The van der Waals surface area contributed by atoms with E-state index < -0.39 is 6.04 Å². The first kappa shape index (κ1) is 12.2. The summed E-state index contributed by atoms with van der Waals surface area (Å²) < 4.78 is 4.64. The maximum atomic E-state index is 11.4. The molecule has 0 radical (unpaired) electrons. The van der Waals surface area contributed by atoms with Gasteiger partial charge < -0.3 is 15.2 Å². The number of hydrogen-bond donors (Lipinski definition) is 2. The molecule has 1 atom stereocenters. The fraction of sp³-hybridized carbons (Fsp3) is 0.231. The van der Waals surface area contributed by atoms with Crippen LogP contribution in [-0.4, -0.2) is 29.2 Å². The second-order valence-electron chi connectivity index (χ2n) is 3.95. The number of ether oxygens (including phenoxy) is 1. The highest BCUT2D eigenvalue weighted by molar-refractivity contribution is 5.94. The van der Waals surface area contributed by atoms with Crippen molar-refractivity contribution >= 4 is 22.6 Å². The molecule has 0 fully saturated rings. The van der Waals surface area contributed by atoms with Gasteiger partial charge in [-0.15, -0.1) is 0 Å². The molecule has 1 heterocycles. The fourth-order valence-corrected chi connectivity index (χ4v) is 1.71. The third-order valence-electron chi connectivity index (χ3n) is 2.66. The number of carbonyl (C=O) groups is 1. The van der Waals surface area contributed by atoms with Crippen LogP contribution < -0.4 is 5.32 Å². The molecule has 1 unspecified atom stereocenters. The van der Waals surface area contributed by atoms with Gasteiger partial charge in [0, 0.05) is 11.6 Å². The van der Waals surface area contributed by atoms with Crippen LogP contribution in [0, 0.1) is 0 Å². The third kappa shape index (κ3) is 2.34. The topological polar surface area (TPSA) is 71.5 Å². The zero-order valence-corrected chi connectivity index (χ0v) is 10.2. The number of pyridine rings is 1. The zero-order chi connectivity index (χ0) is 13.1. The van der Waals surface area contributed by atoms with Gasteiger partial charge in [-0.3, -0.25) is 0 Å². The average molecular weight is 246 g/mol. The monoisotopic (exact) mass is 246 g/mol. The van der Waals surface area contributed by atoms with Crippen molar-refractivity contribution in [3.05, 3.63) is 30.5 Å². The molecule has 5 heteroatoms. The Hall–Kier alpha value is -2.30. The average Bonchev–Trinajstić information content (AvgIpc) is 2.38.